The number of carbonyl (C=O) groups is 1. The quantitative estimate of drug-likeness (QED) is 0.864. The van der Waals surface area contributed by atoms with Crippen molar-refractivity contribution in [3.05, 3.63) is 34.3 Å². The van der Waals surface area contributed by atoms with Crippen molar-refractivity contribution in [3.8, 4) is 0 Å². The van der Waals surface area contributed by atoms with E-state index in [9.17, 15) is 18.0 Å². The Balaban J connectivity index is 2.19. The first kappa shape index (κ1) is 16.3. The Kier molecular flexibility index (Phi) is 4.63. The molecular weight excluding hydrogens is 349 g/mol. The van der Waals surface area contributed by atoms with Crippen LogP contribution in [0.15, 0.2) is 28.7 Å². The van der Waals surface area contributed by atoms with E-state index in [1.807, 2.05) is 0 Å². The number of amides is 1. The molecule has 0 saturated carbocycles. The van der Waals surface area contributed by atoms with Gasteiger partial charge in [-0.05, 0) is 31.5 Å². The largest absolute Gasteiger partial charge is 0.404 e. The summed E-state index contributed by atoms with van der Waals surface area (Å²) in [5, 5.41) is 5.13. The van der Waals surface area contributed by atoms with Crippen molar-refractivity contribution in [2.24, 2.45) is 5.41 Å². The monoisotopic (exact) mass is 364 g/mol. The predicted octanol–water partition coefficient (Wildman–Crippen LogP) is 3.17. The lowest BCUT2D eigenvalue weighted by Crippen LogP contribution is -2.52. The van der Waals surface area contributed by atoms with Crippen LogP contribution in [0.25, 0.3) is 0 Å². The molecule has 7 heteroatoms. The average Bonchev–Trinajstić information content (AvgIpc) is 2.89. The fourth-order valence-electron chi connectivity index (χ4n) is 2.50. The van der Waals surface area contributed by atoms with Crippen LogP contribution in [0.4, 0.5) is 13.2 Å². The Labute approximate surface area is 129 Å². The Morgan fingerprint density at radius 3 is 2.62 bits per heavy atom. The summed E-state index contributed by atoms with van der Waals surface area (Å²) in [5.41, 5.74) is -1.59. The SMILES string of the molecule is C[C@H](NC(=O)C1(C(F)(F)F)CCNC1)c1ccccc1Br. The van der Waals surface area contributed by atoms with Crippen molar-refractivity contribution in [2.45, 2.75) is 25.6 Å². The van der Waals surface area contributed by atoms with Crippen LogP contribution in [0, 0.1) is 5.41 Å². The number of benzene rings is 1. The van der Waals surface area contributed by atoms with E-state index in [1.165, 1.54) is 0 Å². The zero-order valence-electron chi connectivity index (χ0n) is 11.4. The molecule has 1 fully saturated rings. The van der Waals surface area contributed by atoms with Crippen molar-refractivity contribution in [1.82, 2.24) is 10.6 Å². The molecule has 21 heavy (non-hydrogen) atoms. The first-order valence-electron chi connectivity index (χ1n) is 6.61. The molecule has 2 N–H and O–H groups in total. The third-order valence-electron chi connectivity index (χ3n) is 3.85. The van der Waals surface area contributed by atoms with Gasteiger partial charge in [-0.2, -0.15) is 13.2 Å². The highest BCUT2D eigenvalue weighted by atomic mass is 79.9. The van der Waals surface area contributed by atoms with Crippen LogP contribution >= 0.6 is 15.9 Å². The van der Waals surface area contributed by atoms with Gasteiger partial charge in [0.1, 0.15) is 0 Å². The van der Waals surface area contributed by atoms with Crippen LogP contribution in [0.3, 0.4) is 0 Å². The minimum absolute atomic E-state index is 0.191. The minimum atomic E-state index is -4.56. The molecule has 3 nitrogen and oxygen atoms in total. The fraction of sp³-hybridized carbons (Fsp3) is 0.500. The average molecular weight is 365 g/mol. The molecule has 0 aromatic heterocycles. The topological polar surface area (TPSA) is 41.1 Å². The van der Waals surface area contributed by atoms with Crippen LogP contribution in [0.2, 0.25) is 0 Å². The molecule has 1 aliphatic heterocycles. The molecule has 1 amide bonds. The maximum atomic E-state index is 13.3. The molecule has 1 saturated heterocycles. The molecule has 2 rings (SSSR count). The van der Waals surface area contributed by atoms with E-state index in [0.29, 0.717) is 0 Å². The Bertz CT molecular complexity index is 527. The van der Waals surface area contributed by atoms with Gasteiger partial charge in [0.05, 0.1) is 6.04 Å². The second-order valence-corrected chi connectivity index (χ2v) is 6.08. The summed E-state index contributed by atoms with van der Waals surface area (Å²) in [7, 11) is 0. The van der Waals surface area contributed by atoms with E-state index in [1.54, 1.807) is 31.2 Å². The number of rotatable bonds is 3. The highest BCUT2D eigenvalue weighted by molar-refractivity contribution is 9.10. The molecule has 2 atom stereocenters. The van der Waals surface area contributed by atoms with Crippen molar-refractivity contribution in [2.75, 3.05) is 13.1 Å². The summed E-state index contributed by atoms with van der Waals surface area (Å²) < 4.78 is 40.6. The number of halogens is 4. The zero-order chi connectivity index (χ0) is 15.7. The third-order valence-corrected chi connectivity index (χ3v) is 4.57. The van der Waals surface area contributed by atoms with E-state index < -0.39 is 23.5 Å². The van der Waals surface area contributed by atoms with Gasteiger partial charge >= 0.3 is 6.18 Å². The van der Waals surface area contributed by atoms with Crippen molar-refractivity contribution < 1.29 is 18.0 Å². The van der Waals surface area contributed by atoms with E-state index in [-0.39, 0.29) is 19.5 Å². The summed E-state index contributed by atoms with van der Waals surface area (Å²) >= 11 is 3.34. The number of hydrogen-bond donors (Lipinski definition) is 2. The highest BCUT2D eigenvalue weighted by Crippen LogP contribution is 2.43. The van der Waals surface area contributed by atoms with Crippen LogP contribution in [0.1, 0.15) is 24.9 Å². The smallest absolute Gasteiger partial charge is 0.349 e. The number of alkyl halides is 3. The standard InChI is InChI=1S/C14H16BrF3N2O/c1-9(10-4-2-3-5-11(10)15)20-12(21)13(14(16,17)18)6-7-19-8-13/h2-5,9,19H,6-8H2,1H3,(H,20,21)/t9-,13?/m0/s1. The molecule has 116 valence electrons. The lowest BCUT2D eigenvalue weighted by atomic mass is 9.84. The summed E-state index contributed by atoms with van der Waals surface area (Å²) in [4.78, 5) is 12.2. The number of hydrogen-bond acceptors (Lipinski definition) is 2. The molecular formula is C14H16BrF3N2O. The Hall–Kier alpha value is -1.08. The van der Waals surface area contributed by atoms with Crippen LogP contribution in [-0.4, -0.2) is 25.2 Å². The van der Waals surface area contributed by atoms with Gasteiger partial charge in [0, 0.05) is 11.0 Å². The molecule has 0 spiro atoms. The summed E-state index contributed by atoms with van der Waals surface area (Å²) in [6, 6.07) is 6.63. The first-order chi connectivity index (χ1) is 9.78. The zero-order valence-corrected chi connectivity index (χ0v) is 13.0. The van der Waals surface area contributed by atoms with Gasteiger partial charge < -0.3 is 10.6 Å². The van der Waals surface area contributed by atoms with Gasteiger partial charge in [-0.3, -0.25) is 4.79 Å². The Morgan fingerprint density at radius 1 is 1.43 bits per heavy atom. The van der Waals surface area contributed by atoms with Gasteiger partial charge in [0.25, 0.3) is 0 Å². The van der Waals surface area contributed by atoms with Gasteiger partial charge in [0.15, 0.2) is 5.41 Å². The molecule has 1 aromatic rings. The number of nitrogens with one attached hydrogen (secondary N) is 2. The van der Waals surface area contributed by atoms with E-state index in [0.717, 1.165) is 10.0 Å². The lowest BCUT2D eigenvalue weighted by molar-refractivity contribution is -0.216. The summed E-state index contributed by atoms with van der Waals surface area (Å²) in [6.07, 6.45) is -4.79. The predicted molar refractivity (Wildman–Crippen MR) is 76.7 cm³/mol. The maximum Gasteiger partial charge on any atom is 0.404 e. The highest BCUT2D eigenvalue weighted by Gasteiger charge is 2.61. The summed E-state index contributed by atoms with van der Waals surface area (Å²) in [6.45, 7) is 1.49. The third kappa shape index (κ3) is 3.08. The van der Waals surface area contributed by atoms with Crippen LogP contribution in [-0.2, 0) is 4.79 Å². The minimum Gasteiger partial charge on any atom is -0.349 e. The molecule has 1 heterocycles. The molecule has 1 aliphatic rings. The molecule has 0 radical (unpaired) electrons. The Morgan fingerprint density at radius 2 is 2.10 bits per heavy atom. The van der Waals surface area contributed by atoms with Crippen molar-refractivity contribution in [1.29, 1.82) is 0 Å². The number of carbonyl (C=O) groups excluding carboxylic acids is 1. The van der Waals surface area contributed by atoms with E-state index >= 15 is 0 Å². The van der Waals surface area contributed by atoms with Crippen LogP contribution < -0.4 is 10.6 Å². The fourth-order valence-corrected chi connectivity index (χ4v) is 3.12. The van der Waals surface area contributed by atoms with Gasteiger partial charge in [-0.25, -0.2) is 0 Å². The van der Waals surface area contributed by atoms with E-state index in [4.69, 9.17) is 0 Å². The van der Waals surface area contributed by atoms with Gasteiger partial charge in [-0.15, -0.1) is 0 Å². The summed E-state index contributed by atoms with van der Waals surface area (Å²) in [5.74, 6) is -0.969. The van der Waals surface area contributed by atoms with Crippen molar-refractivity contribution >= 4 is 21.8 Å². The van der Waals surface area contributed by atoms with Gasteiger partial charge in [0.2, 0.25) is 5.91 Å². The molecule has 0 aliphatic carbocycles. The van der Waals surface area contributed by atoms with Crippen LogP contribution in [0.5, 0.6) is 0 Å². The first-order valence-corrected chi connectivity index (χ1v) is 7.40. The molecule has 1 aromatic carbocycles. The van der Waals surface area contributed by atoms with Gasteiger partial charge in [-0.1, -0.05) is 34.1 Å². The second-order valence-electron chi connectivity index (χ2n) is 5.22. The van der Waals surface area contributed by atoms with E-state index in [2.05, 4.69) is 26.6 Å². The normalized spacial score (nSPS) is 23.9. The maximum absolute atomic E-state index is 13.3. The second kappa shape index (κ2) is 5.96. The molecule has 0 bridgehead atoms. The molecule has 1 unspecified atom stereocenters. The lowest BCUT2D eigenvalue weighted by Gasteiger charge is -2.31. The van der Waals surface area contributed by atoms with Crippen molar-refractivity contribution in [3.63, 3.8) is 0 Å².